The van der Waals surface area contributed by atoms with Crippen LogP contribution in [0.1, 0.15) is 33.2 Å². The van der Waals surface area contributed by atoms with Gasteiger partial charge in [-0.2, -0.15) is 0 Å². The second-order valence-electron chi connectivity index (χ2n) is 6.75. The number of rotatable bonds is 7. The van der Waals surface area contributed by atoms with Crippen molar-refractivity contribution in [2.24, 2.45) is 0 Å². The fourth-order valence-corrected chi connectivity index (χ4v) is 4.87. The van der Waals surface area contributed by atoms with Crippen molar-refractivity contribution in [3.8, 4) is 0 Å². The minimum Gasteiger partial charge on any atom is -0.299 e. The summed E-state index contributed by atoms with van der Waals surface area (Å²) < 4.78 is 0.646. The number of thioether (sulfide) groups is 1. The van der Waals surface area contributed by atoms with Gasteiger partial charge in [0.1, 0.15) is 11.6 Å². The Morgan fingerprint density at radius 3 is 2.62 bits per heavy atom. The topological polar surface area (TPSA) is 135 Å². The first-order valence-electron chi connectivity index (χ1n) is 9.33. The van der Waals surface area contributed by atoms with Crippen LogP contribution in [0.25, 0.3) is 0 Å². The highest BCUT2D eigenvalue weighted by molar-refractivity contribution is 8.00. The van der Waals surface area contributed by atoms with Gasteiger partial charge in [-0.3, -0.25) is 34.7 Å². The summed E-state index contributed by atoms with van der Waals surface area (Å²) in [5.74, 6) is -1.60. The lowest BCUT2D eigenvalue weighted by Gasteiger charge is -2.20. The number of carbonyl (C=O) groups excluding carboxylic acids is 3. The van der Waals surface area contributed by atoms with E-state index in [-0.39, 0.29) is 16.3 Å². The van der Waals surface area contributed by atoms with Crippen LogP contribution in [-0.4, -0.2) is 43.8 Å². The molecule has 0 unspecified atom stereocenters. The van der Waals surface area contributed by atoms with E-state index >= 15 is 0 Å². The van der Waals surface area contributed by atoms with Crippen LogP contribution >= 0.6 is 23.1 Å². The summed E-state index contributed by atoms with van der Waals surface area (Å²) in [4.78, 5) is 49.3. The number of carbonyl (C=O) groups is 3. The number of hydrogen-bond donors (Lipinski definition) is 1. The van der Waals surface area contributed by atoms with Crippen LogP contribution in [0.2, 0.25) is 0 Å². The van der Waals surface area contributed by atoms with E-state index in [4.69, 9.17) is 0 Å². The summed E-state index contributed by atoms with van der Waals surface area (Å²) in [6.45, 7) is 1.37. The lowest BCUT2D eigenvalue weighted by molar-refractivity contribution is -0.385. The predicted molar refractivity (Wildman–Crippen MR) is 118 cm³/mol. The molecule has 4 rings (SSSR count). The smallest absolute Gasteiger partial charge is 0.282 e. The van der Waals surface area contributed by atoms with Gasteiger partial charge in [0, 0.05) is 11.8 Å². The quantitative estimate of drug-likeness (QED) is 0.183. The maximum absolute atomic E-state index is 12.7. The largest absolute Gasteiger partial charge is 0.299 e. The summed E-state index contributed by atoms with van der Waals surface area (Å²) in [7, 11) is 0. The zero-order chi connectivity index (χ0) is 22.8. The standard InChI is InChI=1S/C20H15N5O5S2/c1-11(24-17(27)13-8-5-9-14(25(29)30)15(13)18(24)28)16(26)21-19-22-23-20(32-19)31-10-12-6-3-2-4-7-12/h2-9,11H,10H2,1H3,(H,21,22,26)/t11-/m0/s1. The fourth-order valence-electron chi connectivity index (χ4n) is 3.15. The first kappa shape index (κ1) is 21.6. The Morgan fingerprint density at radius 2 is 1.91 bits per heavy atom. The number of imide groups is 1. The van der Waals surface area contributed by atoms with E-state index in [1.807, 2.05) is 30.3 Å². The van der Waals surface area contributed by atoms with E-state index in [0.717, 1.165) is 16.5 Å². The van der Waals surface area contributed by atoms with E-state index in [1.165, 1.54) is 42.2 Å². The highest BCUT2D eigenvalue weighted by Gasteiger charge is 2.44. The highest BCUT2D eigenvalue weighted by atomic mass is 32.2. The van der Waals surface area contributed by atoms with Gasteiger partial charge in [0.2, 0.25) is 11.0 Å². The normalized spacial score (nSPS) is 13.7. The molecule has 0 spiro atoms. The molecule has 1 aliphatic rings. The average Bonchev–Trinajstić information content (AvgIpc) is 3.34. The second-order valence-corrected chi connectivity index (χ2v) is 8.95. The Hall–Kier alpha value is -3.64. The number of anilines is 1. The summed E-state index contributed by atoms with van der Waals surface area (Å²) in [5, 5.41) is 22.0. The molecule has 10 nitrogen and oxygen atoms in total. The molecule has 12 heteroatoms. The van der Waals surface area contributed by atoms with E-state index in [2.05, 4.69) is 15.5 Å². The number of amides is 3. The molecule has 0 aliphatic carbocycles. The highest BCUT2D eigenvalue weighted by Crippen LogP contribution is 2.32. The van der Waals surface area contributed by atoms with E-state index < -0.39 is 34.4 Å². The van der Waals surface area contributed by atoms with Gasteiger partial charge in [0.05, 0.1) is 10.5 Å². The SMILES string of the molecule is C[C@@H](C(=O)Nc1nnc(SCc2ccccc2)s1)N1C(=O)c2cccc([N+](=O)[O-])c2C1=O. The number of nitrogens with zero attached hydrogens (tertiary/aromatic N) is 4. The van der Waals surface area contributed by atoms with Crippen LogP contribution in [0.4, 0.5) is 10.8 Å². The molecule has 2 heterocycles. The molecule has 0 radical (unpaired) electrons. The Kier molecular flexibility index (Phi) is 5.97. The van der Waals surface area contributed by atoms with Crippen molar-refractivity contribution < 1.29 is 19.3 Å². The van der Waals surface area contributed by atoms with E-state index in [9.17, 15) is 24.5 Å². The van der Waals surface area contributed by atoms with Crippen molar-refractivity contribution in [2.75, 3.05) is 5.32 Å². The van der Waals surface area contributed by atoms with Crippen molar-refractivity contribution in [1.82, 2.24) is 15.1 Å². The van der Waals surface area contributed by atoms with Gasteiger partial charge < -0.3 is 0 Å². The maximum Gasteiger partial charge on any atom is 0.282 e. The van der Waals surface area contributed by atoms with Crippen molar-refractivity contribution in [3.05, 3.63) is 75.3 Å². The van der Waals surface area contributed by atoms with Crippen LogP contribution in [0.15, 0.2) is 52.9 Å². The first-order chi connectivity index (χ1) is 15.4. The number of nitro groups is 1. The van der Waals surface area contributed by atoms with E-state index in [0.29, 0.717) is 10.1 Å². The van der Waals surface area contributed by atoms with Gasteiger partial charge in [-0.1, -0.05) is 59.5 Å². The minimum atomic E-state index is -1.20. The molecular formula is C20H15N5O5S2. The molecule has 162 valence electrons. The Balaban J connectivity index is 1.44. The molecule has 1 aromatic heterocycles. The lowest BCUT2D eigenvalue weighted by Crippen LogP contribution is -2.45. The number of nitrogens with one attached hydrogen (secondary N) is 1. The Labute approximate surface area is 189 Å². The fraction of sp³-hybridized carbons (Fsp3) is 0.150. The third-order valence-electron chi connectivity index (χ3n) is 4.73. The van der Waals surface area contributed by atoms with Gasteiger partial charge in [-0.25, -0.2) is 0 Å². The van der Waals surface area contributed by atoms with Crippen molar-refractivity contribution in [2.45, 2.75) is 23.1 Å². The molecule has 2 aromatic carbocycles. The lowest BCUT2D eigenvalue weighted by atomic mass is 10.1. The van der Waals surface area contributed by atoms with Crippen LogP contribution in [0.5, 0.6) is 0 Å². The third kappa shape index (κ3) is 4.09. The monoisotopic (exact) mass is 469 g/mol. The van der Waals surface area contributed by atoms with Gasteiger partial charge in [-0.15, -0.1) is 10.2 Å². The molecule has 0 bridgehead atoms. The number of benzene rings is 2. The number of hydrogen-bond acceptors (Lipinski definition) is 9. The van der Waals surface area contributed by atoms with Gasteiger partial charge >= 0.3 is 0 Å². The summed E-state index contributed by atoms with van der Waals surface area (Å²) in [6, 6.07) is 12.4. The molecule has 0 saturated heterocycles. The van der Waals surface area contributed by atoms with Crippen molar-refractivity contribution >= 4 is 51.6 Å². The van der Waals surface area contributed by atoms with E-state index in [1.54, 1.807) is 0 Å². The Morgan fingerprint density at radius 1 is 1.16 bits per heavy atom. The maximum atomic E-state index is 12.7. The molecule has 1 atom stereocenters. The van der Waals surface area contributed by atoms with Gasteiger partial charge in [0.15, 0.2) is 4.34 Å². The van der Waals surface area contributed by atoms with Crippen LogP contribution < -0.4 is 5.32 Å². The molecule has 32 heavy (non-hydrogen) atoms. The number of nitro benzene ring substituents is 1. The molecular weight excluding hydrogens is 454 g/mol. The molecule has 0 saturated carbocycles. The third-order valence-corrected chi connectivity index (χ3v) is 6.77. The number of fused-ring (bicyclic) bond motifs is 1. The first-order valence-corrected chi connectivity index (χ1v) is 11.1. The summed E-state index contributed by atoms with van der Waals surface area (Å²) >= 11 is 2.63. The molecule has 3 aromatic rings. The van der Waals surface area contributed by atoms with Crippen LogP contribution in [-0.2, 0) is 10.5 Å². The van der Waals surface area contributed by atoms with Crippen LogP contribution in [0.3, 0.4) is 0 Å². The zero-order valence-corrected chi connectivity index (χ0v) is 18.2. The summed E-state index contributed by atoms with van der Waals surface area (Å²) in [6.07, 6.45) is 0. The molecule has 0 fully saturated rings. The van der Waals surface area contributed by atoms with Crippen LogP contribution in [0, 0.1) is 10.1 Å². The van der Waals surface area contributed by atoms with Crippen molar-refractivity contribution in [1.29, 1.82) is 0 Å². The summed E-state index contributed by atoms with van der Waals surface area (Å²) in [5.41, 5.74) is 0.240. The zero-order valence-electron chi connectivity index (χ0n) is 16.5. The Bertz CT molecular complexity index is 1230. The van der Waals surface area contributed by atoms with Gasteiger partial charge in [-0.05, 0) is 18.6 Å². The average molecular weight is 470 g/mol. The predicted octanol–water partition coefficient (Wildman–Crippen LogP) is 3.36. The molecule has 3 amide bonds. The van der Waals surface area contributed by atoms with Gasteiger partial charge in [0.25, 0.3) is 17.5 Å². The van der Waals surface area contributed by atoms with Crippen molar-refractivity contribution in [3.63, 3.8) is 0 Å². The molecule has 1 aliphatic heterocycles. The minimum absolute atomic E-state index is 0.0978. The molecule has 1 N–H and O–H groups in total. The number of aromatic nitrogens is 2. The second kappa shape index (κ2) is 8.85.